The van der Waals surface area contributed by atoms with Gasteiger partial charge in [-0.15, -0.1) is 0 Å². The lowest BCUT2D eigenvalue weighted by Gasteiger charge is -2.14. The maximum Gasteiger partial charge on any atom is 0.326 e. The van der Waals surface area contributed by atoms with Gasteiger partial charge in [0.05, 0.1) is 39.6 Å². The molecule has 0 fully saturated rings. The number of unbranched alkanes of at least 4 members (excludes halogenated alkanes) is 7. The Morgan fingerprint density at radius 1 is 0.556 bits per heavy atom. The van der Waals surface area contributed by atoms with Gasteiger partial charge in [-0.25, -0.2) is 4.79 Å². The van der Waals surface area contributed by atoms with E-state index in [-0.39, 0.29) is 95.4 Å². The molecule has 1 atom stereocenters. The SMILES string of the molecule is NCC(=O)NCCOCCNC(=O)COCCOCCNC(=O)CC[C@H](NC(=O)CCCCCCCCCCC(=O)O)C(=O)O. The molecule has 0 aromatic carbocycles. The van der Waals surface area contributed by atoms with Crippen LogP contribution in [0, 0.1) is 0 Å². The van der Waals surface area contributed by atoms with Gasteiger partial charge in [0, 0.05) is 38.9 Å². The summed E-state index contributed by atoms with van der Waals surface area (Å²) in [6.07, 6.45) is 7.39. The zero-order chi connectivity index (χ0) is 33.5. The second-order valence-corrected chi connectivity index (χ2v) is 10.3. The van der Waals surface area contributed by atoms with Crippen LogP contribution in [0.1, 0.15) is 77.0 Å². The van der Waals surface area contributed by atoms with E-state index in [0.717, 1.165) is 38.5 Å². The van der Waals surface area contributed by atoms with Crippen molar-refractivity contribution in [3.8, 4) is 0 Å². The number of aliphatic carboxylic acids is 2. The van der Waals surface area contributed by atoms with Crippen LogP contribution in [0.25, 0.3) is 0 Å². The first kappa shape index (κ1) is 41.7. The summed E-state index contributed by atoms with van der Waals surface area (Å²) in [6, 6.07) is -1.15. The topological polar surface area (TPSA) is 245 Å². The molecule has 0 saturated carbocycles. The molecule has 0 bridgehead atoms. The number of carboxylic acid groups (broad SMARTS) is 2. The summed E-state index contributed by atoms with van der Waals surface area (Å²) < 4.78 is 15.8. The third-order valence-corrected chi connectivity index (χ3v) is 6.33. The molecule has 0 aliphatic rings. The van der Waals surface area contributed by atoms with Crippen LogP contribution in [0.15, 0.2) is 0 Å². The minimum atomic E-state index is -1.20. The molecule has 0 radical (unpaired) electrons. The summed E-state index contributed by atoms with van der Waals surface area (Å²) in [5.74, 6) is -3.27. The predicted molar refractivity (Wildman–Crippen MR) is 163 cm³/mol. The number of hydrogen-bond donors (Lipinski definition) is 7. The highest BCUT2D eigenvalue weighted by Crippen LogP contribution is 2.11. The van der Waals surface area contributed by atoms with Crippen molar-refractivity contribution in [2.75, 3.05) is 65.8 Å². The van der Waals surface area contributed by atoms with Crippen molar-refractivity contribution in [2.24, 2.45) is 5.73 Å². The van der Waals surface area contributed by atoms with Crippen molar-refractivity contribution in [2.45, 2.75) is 83.1 Å². The summed E-state index contributed by atoms with van der Waals surface area (Å²) in [5, 5.41) is 28.3. The van der Waals surface area contributed by atoms with E-state index in [1.807, 2.05) is 0 Å². The number of ether oxygens (including phenoxy) is 3. The Balaban J connectivity index is 3.72. The quantitative estimate of drug-likeness (QED) is 0.0479. The molecule has 260 valence electrons. The fraction of sp³-hybridized carbons (Fsp3) is 0.793. The number of carboxylic acids is 2. The minimum absolute atomic E-state index is 0.0370. The van der Waals surface area contributed by atoms with Crippen molar-refractivity contribution in [1.29, 1.82) is 0 Å². The number of carbonyl (C=O) groups excluding carboxylic acids is 4. The highest BCUT2D eigenvalue weighted by atomic mass is 16.5. The highest BCUT2D eigenvalue weighted by Gasteiger charge is 2.20. The van der Waals surface area contributed by atoms with Gasteiger partial charge < -0.3 is 51.4 Å². The minimum Gasteiger partial charge on any atom is -0.481 e. The van der Waals surface area contributed by atoms with Crippen LogP contribution >= 0.6 is 0 Å². The zero-order valence-corrected chi connectivity index (χ0v) is 26.3. The normalized spacial score (nSPS) is 11.4. The van der Waals surface area contributed by atoms with E-state index in [0.29, 0.717) is 32.5 Å². The van der Waals surface area contributed by atoms with E-state index in [4.69, 9.17) is 25.1 Å². The van der Waals surface area contributed by atoms with Gasteiger partial charge >= 0.3 is 11.9 Å². The average molecular weight is 648 g/mol. The number of hydrogen-bond acceptors (Lipinski definition) is 10. The molecule has 0 aliphatic heterocycles. The largest absolute Gasteiger partial charge is 0.481 e. The Bertz CT molecular complexity index is 860. The molecule has 0 unspecified atom stereocenters. The van der Waals surface area contributed by atoms with Gasteiger partial charge in [-0.3, -0.25) is 24.0 Å². The molecule has 0 heterocycles. The maximum absolute atomic E-state index is 12.1. The second kappa shape index (κ2) is 29.4. The van der Waals surface area contributed by atoms with Crippen molar-refractivity contribution in [3.05, 3.63) is 0 Å². The average Bonchev–Trinajstić information content (AvgIpc) is 3.00. The Hall–Kier alpha value is -3.34. The molecule has 45 heavy (non-hydrogen) atoms. The molecule has 0 aromatic heterocycles. The Kier molecular flexibility index (Phi) is 27.2. The van der Waals surface area contributed by atoms with E-state index < -0.39 is 18.0 Å². The Morgan fingerprint density at radius 2 is 1.04 bits per heavy atom. The molecular weight excluding hydrogens is 594 g/mol. The molecule has 0 aromatic rings. The number of carbonyl (C=O) groups is 6. The number of rotatable bonds is 31. The van der Waals surface area contributed by atoms with Gasteiger partial charge in [0.25, 0.3) is 0 Å². The molecule has 16 nitrogen and oxygen atoms in total. The summed E-state index contributed by atoms with van der Waals surface area (Å²) in [4.78, 5) is 68.8. The lowest BCUT2D eigenvalue weighted by Crippen LogP contribution is -2.41. The lowest BCUT2D eigenvalue weighted by molar-refractivity contribution is -0.142. The van der Waals surface area contributed by atoms with E-state index in [2.05, 4.69) is 21.3 Å². The fourth-order valence-corrected chi connectivity index (χ4v) is 3.91. The summed E-state index contributed by atoms with van der Waals surface area (Å²) in [6.45, 7) is 1.80. The van der Waals surface area contributed by atoms with Gasteiger partial charge in [0.15, 0.2) is 0 Å². The van der Waals surface area contributed by atoms with Crippen molar-refractivity contribution in [1.82, 2.24) is 21.3 Å². The van der Waals surface area contributed by atoms with Crippen molar-refractivity contribution >= 4 is 35.6 Å². The predicted octanol–water partition coefficient (Wildman–Crippen LogP) is -0.321. The van der Waals surface area contributed by atoms with Gasteiger partial charge in [-0.05, 0) is 19.3 Å². The monoisotopic (exact) mass is 647 g/mol. The van der Waals surface area contributed by atoms with Crippen LogP contribution in [0.3, 0.4) is 0 Å². The first-order chi connectivity index (χ1) is 21.6. The van der Waals surface area contributed by atoms with Crippen LogP contribution in [0.5, 0.6) is 0 Å². The van der Waals surface area contributed by atoms with E-state index >= 15 is 0 Å². The number of amides is 4. The third kappa shape index (κ3) is 29.1. The Labute approximate surface area is 264 Å². The van der Waals surface area contributed by atoms with E-state index in [1.165, 1.54) is 0 Å². The standard InChI is InChI=1S/C29H53N5O11/c30-21-26(37)32-14-16-43-17-15-33-27(38)22-45-20-19-44-18-13-31-24(35)12-11-23(29(41)42)34-25(36)9-7-5-3-1-2-4-6-8-10-28(39)40/h23H,1-22,30H2,(H,31,35)(H,32,37)(H,33,38)(H,34,36)(H,39,40)(H,41,42)/t23-/m0/s1. The van der Waals surface area contributed by atoms with Gasteiger partial charge in [-0.1, -0.05) is 38.5 Å². The third-order valence-electron chi connectivity index (χ3n) is 6.33. The molecule has 0 spiro atoms. The Morgan fingerprint density at radius 3 is 1.60 bits per heavy atom. The maximum atomic E-state index is 12.1. The van der Waals surface area contributed by atoms with E-state index in [9.17, 15) is 33.9 Å². The summed E-state index contributed by atoms with van der Waals surface area (Å²) >= 11 is 0. The summed E-state index contributed by atoms with van der Waals surface area (Å²) in [5.41, 5.74) is 5.16. The molecule has 8 N–H and O–H groups in total. The van der Waals surface area contributed by atoms with Crippen LogP contribution < -0.4 is 27.0 Å². The van der Waals surface area contributed by atoms with Gasteiger partial charge in [0.2, 0.25) is 23.6 Å². The molecule has 4 amide bonds. The first-order valence-corrected chi connectivity index (χ1v) is 15.6. The first-order valence-electron chi connectivity index (χ1n) is 15.6. The van der Waals surface area contributed by atoms with Crippen molar-refractivity contribution in [3.63, 3.8) is 0 Å². The lowest BCUT2D eigenvalue weighted by atomic mass is 10.1. The zero-order valence-electron chi connectivity index (χ0n) is 26.3. The fourth-order valence-electron chi connectivity index (χ4n) is 3.91. The molecule has 16 heteroatoms. The molecule has 0 saturated heterocycles. The molecular formula is C29H53N5O11. The smallest absolute Gasteiger partial charge is 0.326 e. The van der Waals surface area contributed by atoms with Gasteiger partial charge in [0.1, 0.15) is 12.6 Å². The van der Waals surface area contributed by atoms with Gasteiger partial charge in [-0.2, -0.15) is 0 Å². The van der Waals surface area contributed by atoms with E-state index in [1.54, 1.807) is 0 Å². The van der Waals surface area contributed by atoms with Crippen LogP contribution in [-0.2, 0) is 43.0 Å². The van der Waals surface area contributed by atoms with Crippen molar-refractivity contribution < 1.29 is 53.2 Å². The highest BCUT2D eigenvalue weighted by molar-refractivity contribution is 5.84. The van der Waals surface area contributed by atoms with Crippen LogP contribution in [0.2, 0.25) is 0 Å². The second-order valence-electron chi connectivity index (χ2n) is 10.3. The number of nitrogens with one attached hydrogen (secondary N) is 4. The summed E-state index contributed by atoms with van der Waals surface area (Å²) in [7, 11) is 0. The van der Waals surface area contributed by atoms with Crippen LogP contribution in [-0.4, -0.2) is 118 Å². The van der Waals surface area contributed by atoms with Crippen LogP contribution in [0.4, 0.5) is 0 Å². The molecule has 0 rings (SSSR count). The molecule has 0 aliphatic carbocycles. The number of nitrogens with two attached hydrogens (primary N) is 1.